The number of thiazole rings is 1. The Labute approximate surface area is 158 Å². The zero-order valence-corrected chi connectivity index (χ0v) is 16.4. The number of carbonyl (C=O) groups excluding carboxylic acids is 2. The quantitative estimate of drug-likeness (QED) is 0.727. The molecule has 8 nitrogen and oxygen atoms in total. The van der Waals surface area contributed by atoms with Gasteiger partial charge in [0.05, 0.1) is 6.61 Å². The van der Waals surface area contributed by atoms with Crippen molar-refractivity contribution in [3.05, 3.63) is 27.4 Å². The number of rotatable bonds is 6. The molecule has 0 bridgehead atoms. The van der Waals surface area contributed by atoms with E-state index in [0.717, 1.165) is 35.5 Å². The first kappa shape index (κ1) is 19.0. The van der Waals surface area contributed by atoms with Crippen LogP contribution < -0.4 is 5.32 Å². The Morgan fingerprint density at radius 1 is 1.31 bits per heavy atom. The molecule has 3 rings (SSSR count). The Morgan fingerprint density at radius 2 is 2.04 bits per heavy atom. The molecule has 0 radical (unpaired) electrons. The van der Waals surface area contributed by atoms with Crippen molar-refractivity contribution in [1.29, 1.82) is 0 Å². The number of sulfonamides is 1. The van der Waals surface area contributed by atoms with Crippen molar-refractivity contribution in [2.75, 3.05) is 25.0 Å². The van der Waals surface area contributed by atoms with Crippen LogP contribution in [0.5, 0.6) is 0 Å². The van der Waals surface area contributed by atoms with Crippen LogP contribution in [0.2, 0.25) is 0 Å². The zero-order chi connectivity index (χ0) is 18.7. The smallest absolute Gasteiger partial charge is 0.357 e. The van der Waals surface area contributed by atoms with Crippen LogP contribution >= 0.6 is 22.7 Å². The summed E-state index contributed by atoms with van der Waals surface area (Å²) >= 11 is 2.12. The molecule has 0 aliphatic carbocycles. The van der Waals surface area contributed by atoms with Crippen LogP contribution in [0.25, 0.3) is 0 Å². The van der Waals surface area contributed by atoms with E-state index >= 15 is 0 Å². The molecule has 1 aliphatic heterocycles. The molecule has 0 spiro atoms. The van der Waals surface area contributed by atoms with E-state index in [1.165, 1.54) is 15.8 Å². The molecule has 1 amide bonds. The highest BCUT2D eigenvalue weighted by atomic mass is 32.2. The fraction of sp³-hybridized carbons (Fsp3) is 0.400. The molecule has 0 saturated carbocycles. The molecule has 2 aromatic rings. The monoisotopic (exact) mass is 415 g/mol. The van der Waals surface area contributed by atoms with Crippen molar-refractivity contribution in [3.63, 3.8) is 0 Å². The summed E-state index contributed by atoms with van der Waals surface area (Å²) in [7, 11) is -3.69. The summed E-state index contributed by atoms with van der Waals surface area (Å²) in [6.45, 7) is 2.85. The molecule has 11 heteroatoms. The molecule has 3 heterocycles. The van der Waals surface area contributed by atoms with Crippen LogP contribution in [0.3, 0.4) is 0 Å². The summed E-state index contributed by atoms with van der Waals surface area (Å²) in [4.78, 5) is 28.3. The molecule has 0 aromatic carbocycles. The number of carbonyl (C=O) groups is 2. The Balaban J connectivity index is 1.78. The highest BCUT2D eigenvalue weighted by Gasteiger charge is 2.32. The molecular weight excluding hydrogens is 398 g/mol. The molecule has 1 fully saturated rings. The second-order valence-corrected chi connectivity index (χ2v) is 9.12. The minimum Gasteiger partial charge on any atom is -0.461 e. The van der Waals surface area contributed by atoms with Crippen molar-refractivity contribution in [2.24, 2.45) is 0 Å². The van der Waals surface area contributed by atoms with Crippen molar-refractivity contribution >= 4 is 49.7 Å². The maximum Gasteiger partial charge on any atom is 0.357 e. The zero-order valence-electron chi connectivity index (χ0n) is 13.9. The number of anilines is 1. The fourth-order valence-electron chi connectivity index (χ4n) is 2.52. The van der Waals surface area contributed by atoms with Crippen LogP contribution in [0.4, 0.5) is 5.13 Å². The highest BCUT2D eigenvalue weighted by Crippen LogP contribution is 2.28. The lowest BCUT2D eigenvalue weighted by atomic mass is 10.4. The third kappa shape index (κ3) is 3.80. The van der Waals surface area contributed by atoms with E-state index < -0.39 is 21.9 Å². The van der Waals surface area contributed by atoms with Gasteiger partial charge in [0.25, 0.3) is 5.91 Å². The number of esters is 1. The number of aromatic nitrogens is 1. The molecule has 1 aliphatic rings. The van der Waals surface area contributed by atoms with Crippen molar-refractivity contribution in [1.82, 2.24) is 9.29 Å². The molecular formula is C15H17N3O5S3. The van der Waals surface area contributed by atoms with Gasteiger partial charge in [-0.3, -0.25) is 10.1 Å². The number of hydrogen-bond donors (Lipinski definition) is 1. The minimum absolute atomic E-state index is 0.00377. The first-order valence-electron chi connectivity index (χ1n) is 7.95. The average Bonchev–Trinajstić information content (AvgIpc) is 3.35. The van der Waals surface area contributed by atoms with Crippen molar-refractivity contribution in [2.45, 2.75) is 24.7 Å². The van der Waals surface area contributed by atoms with Crippen LogP contribution in [0, 0.1) is 0 Å². The van der Waals surface area contributed by atoms with E-state index in [0.29, 0.717) is 13.1 Å². The Kier molecular flexibility index (Phi) is 5.70. The third-order valence-corrected chi connectivity index (χ3v) is 7.47. The Morgan fingerprint density at radius 3 is 2.73 bits per heavy atom. The lowest BCUT2D eigenvalue weighted by Gasteiger charge is -2.15. The van der Waals surface area contributed by atoms with Gasteiger partial charge >= 0.3 is 5.97 Å². The van der Waals surface area contributed by atoms with Gasteiger partial charge in [0.2, 0.25) is 10.0 Å². The summed E-state index contributed by atoms with van der Waals surface area (Å²) in [6, 6.07) is 1.44. The number of hydrogen-bond acceptors (Lipinski definition) is 8. The highest BCUT2D eigenvalue weighted by molar-refractivity contribution is 7.89. The molecule has 1 N–H and O–H groups in total. The normalized spacial score (nSPS) is 15.1. The minimum atomic E-state index is -3.69. The van der Waals surface area contributed by atoms with Gasteiger partial charge in [0.1, 0.15) is 9.77 Å². The lowest BCUT2D eigenvalue weighted by molar-refractivity contribution is 0.0520. The first-order chi connectivity index (χ1) is 12.4. The predicted molar refractivity (Wildman–Crippen MR) is 98.3 cm³/mol. The maximum atomic E-state index is 12.7. The first-order valence-corrected chi connectivity index (χ1v) is 11.1. The summed E-state index contributed by atoms with van der Waals surface area (Å²) in [5.41, 5.74) is 0.100. The molecule has 1 saturated heterocycles. The van der Waals surface area contributed by atoms with Gasteiger partial charge in [-0.15, -0.1) is 22.7 Å². The van der Waals surface area contributed by atoms with E-state index in [9.17, 15) is 18.0 Å². The van der Waals surface area contributed by atoms with E-state index in [-0.39, 0.29) is 27.2 Å². The predicted octanol–water partition coefficient (Wildman–Crippen LogP) is 2.42. The Hall–Kier alpha value is -1.82. The number of amides is 1. The van der Waals surface area contributed by atoms with Gasteiger partial charge in [-0.05, 0) is 31.2 Å². The fourth-order valence-corrected chi connectivity index (χ4v) is 6.01. The van der Waals surface area contributed by atoms with E-state index in [2.05, 4.69) is 10.3 Å². The van der Waals surface area contributed by atoms with Gasteiger partial charge in [0, 0.05) is 18.5 Å². The molecule has 140 valence electrons. The second-order valence-electron chi connectivity index (χ2n) is 5.44. The van der Waals surface area contributed by atoms with E-state index in [1.54, 1.807) is 12.3 Å². The Bertz CT molecular complexity index is 913. The number of nitrogens with one attached hydrogen (secondary N) is 1. The molecule has 0 unspecified atom stereocenters. The summed E-state index contributed by atoms with van der Waals surface area (Å²) < 4.78 is 31.7. The SMILES string of the molecule is CCOC(=O)c1csc(NC(=O)c2sccc2S(=O)(=O)N2CCCC2)n1. The molecule has 26 heavy (non-hydrogen) atoms. The average molecular weight is 416 g/mol. The van der Waals surface area contributed by atoms with Crippen molar-refractivity contribution in [3.8, 4) is 0 Å². The van der Waals surface area contributed by atoms with Gasteiger partial charge < -0.3 is 4.74 Å². The van der Waals surface area contributed by atoms with Gasteiger partial charge in [0.15, 0.2) is 10.8 Å². The summed E-state index contributed by atoms with van der Waals surface area (Å²) in [6.07, 6.45) is 1.64. The van der Waals surface area contributed by atoms with Crippen LogP contribution in [0.1, 0.15) is 39.9 Å². The van der Waals surface area contributed by atoms with Crippen LogP contribution in [-0.2, 0) is 14.8 Å². The van der Waals surface area contributed by atoms with Crippen LogP contribution in [0.15, 0.2) is 21.7 Å². The topological polar surface area (TPSA) is 106 Å². The van der Waals surface area contributed by atoms with E-state index in [4.69, 9.17) is 4.74 Å². The standard InChI is InChI=1S/C15H17N3O5S3/c1-2-23-14(20)10-9-25-15(16-10)17-13(19)12-11(5-8-24-12)26(21,22)18-6-3-4-7-18/h5,8-9H,2-4,6-7H2,1H3,(H,16,17,19). The maximum absolute atomic E-state index is 12.7. The third-order valence-electron chi connectivity index (χ3n) is 3.73. The van der Waals surface area contributed by atoms with Gasteiger partial charge in [-0.25, -0.2) is 18.2 Å². The number of nitrogens with zero attached hydrogens (tertiary/aromatic N) is 2. The lowest BCUT2D eigenvalue weighted by Crippen LogP contribution is -2.29. The molecule has 0 atom stereocenters. The summed E-state index contributed by atoms with van der Waals surface area (Å²) in [5, 5.41) is 5.81. The van der Waals surface area contributed by atoms with E-state index in [1.807, 2.05) is 0 Å². The summed E-state index contributed by atoms with van der Waals surface area (Å²) in [5.74, 6) is -1.14. The second kappa shape index (κ2) is 7.82. The number of thiophene rings is 1. The van der Waals surface area contributed by atoms with Gasteiger partial charge in [-0.1, -0.05) is 0 Å². The van der Waals surface area contributed by atoms with Gasteiger partial charge in [-0.2, -0.15) is 4.31 Å². The molecule has 2 aromatic heterocycles. The van der Waals surface area contributed by atoms with Crippen LogP contribution in [-0.4, -0.2) is 49.3 Å². The van der Waals surface area contributed by atoms with Crippen molar-refractivity contribution < 1.29 is 22.7 Å². The largest absolute Gasteiger partial charge is 0.461 e. The number of ether oxygens (including phenoxy) is 1.